The molecule has 0 amide bonds. The molecule has 0 aliphatic carbocycles. The van der Waals surface area contributed by atoms with Gasteiger partial charge in [0.2, 0.25) is 0 Å². The number of carbonyl (C=O) groups excluding carboxylic acids is 1. The molecule has 1 aromatic rings. The van der Waals surface area contributed by atoms with Gasteiger partial charge in [-0.1, -0.05) is 39.8 Å². The second kappa shape index (κ2) is 10.7. The van der Waals surface area contributed by atoms with Crippen LogP contribution in [0.2, 0.25) is 0 Å². The van der Waals surface area contributed by atoms with Crippen LogP contribution in [-0.2, 0) is 0 Å². The molecular formula is C11H18O2. The predicted molar refractivity (Wildman–Crippen MR) is 56.2 cm³/mol. The Kier molecular flexibility index (Phi) is 11.7. The number of phenols is 1. The Morgan fingerprint density at radius 2 is 1.69 bits per heavy atom. The van der Waals surface area contributed by atoms with Crippen LogP contribution in [0.4, 0.5) is 0 Å². The van der Waals surface area contributed by atoms with Gasteiger partial charge >= 0.3 is 0 Å². The van der Waals surface area contributed by atoms with Crippen LogP contribution in [-0.4, -0.2) is 11.4 Å². The van der Waals surface area contributed by atoms with Crippen molar-refractivity contribution in [1.82, 2.24) is 0 Å². The van der Waals surface area contributed by atoms with Gasteiger partial charge in [0.15, 0.2) is 0 Å². The summed E-state index contributed by atoms with van der Waals surface area (Å²) in [5.74, 6) is 0.125. The minimum atomic E-state index is 0.125. The molecule has 1 N–H and O–H groups in total. The molecule has 0 aliphatic heterocycles. The summed E-state index contributed by atoms with van der Waals surface area (Å²) in [4.78, 5) is 10.0. The first-order valence-corrected chi connectivity index (χ1v) is 4.57. The van der Waals surface area contributed by atoms with Crippen molar-refractivity contribution in [3.63, 3.8) is 0 Å². The van der Waals surface area contributed by atoms with Crippen molar-refractivity contribution in [3.8, 4) is 5.75 Å². The summed E-state index contributed by atoms with van der Waals surface area (Å²) in [5.41, 5.74) is 0.495. The van der Waals surface area contributed by atoms with Gasteiger partial charge in [-0.2, -0.15) is 0 Å². The van der Waals surface area contributed by atoms with E-state index in [1.807, 2.05) is 27.7 Å². The highest BCUT2D eigenvalue weighted by Gasteiger charge is 1.88. The summed E-state index contributed by atoms with van der Waals surface area (Å²) in [5, 5.41) is 8.79. The van der Waals surface area contributed by atoms with E-state index in [1.54, 1.807) is 12.1 Å². The smallest absolute Gasteiger partial charge is 0.150 e. The summed E-state index contributed by atoms with van der Waals surface area (Å²) in [6.45, 7) is 8.00. The topological polar surface area (TPSA) is 37.3 Å². The van der Waals surface area contributed by atoms with E-state index in [0.29, 0.717) is 11.8 Å². The van der Waals surface area contributed by atoms with Crippen molar-refractivity contribution in [2.45, 2.75) is 27.7 Å². The Morgan fingerprint density at radius 1 is 1.15 bits per heavy atom. The molecule has 0 unspecified atom stereocenters. The third-order valence-electron chi connectivity index (χ3n) is 1.01. The quantitative estimate of drug-likeness (QED) is 0.677. The molecule has 0 fully saturated rings. The number of aldehydes is 1. The Hall–Kier alpha value is -1.31. The fourth-order valence-corrected chi connectivity index (χ4v) is 0.598. The van der Waals surface area contributed by atoms with Crippen LogP contribution in [0.5, 0.6) is 5.75 Å². The highest BCUT2D eigenvalue weighted by atomic mass is 16.3. The fourth-order valence-electron chi connectivity index (χ4n) is 0.598. The van der Waals surface area contributed by atoms with Gasteiger partial charge in [0.1, 0.15) is 12.0 Å². The standard InChI is InChI=1S/C7H6O2.2C2H6/c8-5-6-2-1-3-7(9)4-6;2*1-2/h1-5,9H;2*1-2H3. The first-order chi connectivity index (χ1) is 6.33. The van der Waals surface area contributed by atoms with Crippen molar-refractivity contribution in [2.75, 3.05) is 0 Å². The van der Waals surface area contributed by atoms with Gasteiger partial charge in [-0.15, -0.1) is 0 Å². The molecule has 0 saturated heterocycles. The molecule has 0 spiro atoms. The Morgan fingerprint density at radius 3 is 2.00 bits per heavy atom. The number of aromatic hydroxyl groups is 1. The van der Waals surface area contributed by atoms with E-state index < -0.39 is 0 Å². The van der Waals surface area contributed by atoms with E-state index in [2.05, 4.69) is 0 Å². The number of hydrogen-bond donors (Lipinski definition) is 1. The minimum absolute atomic E-state index is 0.125. The number of phenolic OH excluding ortho intramolecular Hbond substituents is 1. The first-order valence-electron chi connectivity index (χ1n) is 4.57. The zero-order valence-corrected chi connectivity index (χ0v) is 8.74. The van der Waals surface area contributed by atoms with Gasteiger partial charge in [-0.25, -0.2) is 0 Å². The summed E-state index contributed by atoms with van der Waals surface area (Å²) in [7, 11) is 0. The largest absolute Gasteiger partial charge is 0.508 e. The molecule has 13 heavy (non-hydrogen) atoms. The third-order valence-corrected chi connectivity index (χ3v) is 1.01. The monoisotopic (exact) mass is 182 g/mol. The maximum Gasteiger partial charge on any atom is 0.150 e. The summed E-state index contributed by atoms with van der Waals surface area (Å²) >= 11 is 0. The number of hydrogen-bond acceptors (Lipinski definition) is 2. The van der Waals surface area contributed by atoms with Crippen molar-refractivity contribution in [2.24, 2.45) is 0 Å². The number of benzene rings is 1. The normalized spacial score (nSPS) is 7.08. The number of carbonyl (C=O) groups is 1. The van der Waals surface area contributed by atoms with Gasteiger partial charge in [0.05, 0.1) is 0 Å². The highest BCUT2D eigenvalue weighted by molar-refractivity contribution is 5.75. The first kappa shape index (κ1) is 14.2. The lowest BCUT2D eigenvalue weighted by atomic mass is 10.2. The van der Waals surface area contributed by atoms with Crippen LogP contribution in [0.3, 0.4) is 0 Å². The molecule has 0 atom stereocenters. The van der Waals surface area contributed by atoms with Gasteiger partial charge in [-0.05, 0) is 12.1 Å². The lowest BCUT2D eigenvalue weighted by Gasteiger charge is -1.89. The molecule has 0 saturated carbocycles. The van der Waals surface area contributed by atoms with E-state index in [-0.39, 0.29) is 5.75 Å². The molecule has 0 radical (unpaired) electrons. The predicted octanol–water partition coefficient (Wildman–Crippen LogP) is 3.26. The van der Waals surface area contributed by atoms with Gasteiger partial charge in [0, 0.05) is 5.56 Å². The van der Waals surface area contributed by atoms with Crippen molar-refractivity contribution in [1.29, 1.82) is 0 Å². The molecule has 0 bridgehead atoms. The second-order valence-electron chi connectivity index (χ2n) is 1.71. The maximum atomic E-state index is 10.0. The number of rotatable bonds is 1. The summed E-state index contributed by atoms with van der Waals surface area (Å²) < 4.78 is 0. The van der Waals surface area contributed by atoms with Crippen LogP contribution in [0.15, 0.2) is 24.3 Å². The average molecular weight is 182 g/mol. The fraction of sp³-hybridized carbons (Fsp3) is 0.364. The van der Waals surface area contributed by atoms with E-state index >= 15 is 0 Å². The Bertz CT molecular complexity index is 219. The molecule has 2 heteroatoms. The second-order valence-corrected chi connectivity index (χ2v) is 1.71. The summed E-state index contributed by atoms with van der Waals surface area (Å²) in [6.07, 6.45) is 0.694. The molecule has 0 aliphatic rings. The average Bonchev–Trinajstić information content (AvgIpc) is 2.24. The van der Waals surface area contributed by atoms with E-state index in [4.69, 9.17) is 5.11 Å². The van der Waals surface area contributed by atoms with E-state index in [0.717, 1.165) is 0 Å². The van der Waals surface area contributed by atoms with Crippen LogP contribution in [0, 0.1) is 0 Å². The SMILES string of the molecule is CC.CC.O=Cc1cccc(O)c1. The van der Waals surface area contributed by atoms with Crippen LogP contribution in [0.1, 0.15) is 38.1 Å². The van der Waals surface area contributed by atoms with Gasteiger partial charge in [-0.3, -0.25) is 4.79 Å². The zero-order chi connectivity index (χ0) is 10.7. The van der Waals surface area contributed by atoms with Gasteiger partial charge < -0.3 is 5.11 Å². The molecule has 1 aromatic carbocycles. The van der Waals surface area contributed by atoms with Crippen LogP contribution < -0.4 is 0 Å². The lowest BCUT2D eigenvalue weighted by molar-refractivity contribution is 0.112. The van der Waals surface area contributed by atoms with E-state index in [9.17, 15) is 4.79 Å². The van der Waals surface area contributed by atoms with Crippen LogP contribution >= 0.6 is 0 Å². The maximum absolute atomic E-state index is 10.0. The minimum Gasteiger partial charge on any atom is -0.508 e. The van der Waals surface area contributed by atoms with Crippen molar-refractivity contribution in [3.05, 3.63) is 29.8 Å². The highest BCUT2D eigenvalue weighted by Crippen LogP contribution is 2.07. The molecule has 74 valence electrons. The Labute approximate surface area is 80.2 Å². The molecular weight excluding hydrogens is 164 g/mol. The third kappa shape index (κ3) is 7.06. The zero-order valence-electron chi connectivity index (χ0n) is 8.74. The summed E-state index contributed by atoms with van der Waals surface area (Å²) in [6, 6.07) is 6.19. The van der Waals surface area contributed by atoms with Crippen molar-refractivity contribution < 1.29 is 9.90 Å². The van der Waals surface area contributed by atoms with Gasteiger partial charge in [0.25, 0.3) is 0 Å². The van der Waals surface area contributed by atoms with Crippen molar-refractivity contribution >= 4 is 6.29 Å². The Balaban J connectivity index is 0. The van der Waals surface area contributed by atoms with E-state index in [1.165, 1.54) is 12.1 Å². The molecule has 0 heterocycles. The lowest BCUT2D eigenvalue weighted by Crippen LogP contribution is -1.75. The van der Waals surface area contributed by atoms with Crippen LogP contribution in [0.25, 0.3) is 0 Å². The molecule has 2 nitrogen and oxygen atoms in total. The molecule has 0 aromatic heterocycles. The molecule has 1 rings (SSSR count).